The summed E-state index contributed by atoms with van der Waals surface area (Å²) >= 11 is 0. The number of anilines is 1. The molecule has 0 aromatic heterocycles. The summed E-state index contributed by atoms with van der Waals surface area (Å²) in [4.78, 5) is 4.75. The lowest BCUT2D eigenvalue weighted by Crippen LogP contribution is -2.32. The summed E-state index contributed by atoms with van der Waals surface area (Å²) in [5, 5.41) is 6.85. The molecule has 0 saturated heterocycles. The molecule has 0 atom stereocenters. The normalized spacial score (nSPS) is 14.1. The molecule has 0 amide bonds. The number of rotatable bonds is 6. The maximum absolute atomic E-state index is 5.37. The number of aliphatic imine (C=N–C) groups is 1. The molecule has 1 aliphatic heterocycles. The monoisotopic (exact) mass is 477 g/mol. The highest BCUT2D eigenvalue weighted by Gasteiger charge is 2.05. The molecular formula is C22H28IN3O. The van der Waals surface area contributed by atoms with Crippen molar-refractivity contribution in [2.24, 2.45) is 4.99 Å². The zero-order chi connectivity index (χ0) is 18.0. The van der Waals surface area contributed by atoms with Gasteiger partial charge < -0.3 is 15.4 Å². The summed E-state index contributed by atoms with van der Waals surface area (Å²) in [6.45, 7) is 5.19. The fourth-order valence-electron chi connectivity index (χ4n) is 2.80. The van der Waals surface area contributed by atoms with E-state index in [1.54, 1.807) is 0 Å². The Morgan fingerprint density at radius 2 is 1.85 bits per heavy atom. The van der Waals surface area contributed by atoms with Gasteiger partial charge in [0.2, 0.25) is 0 Å². The van der Waals surface area contributed by atoms with Crippen molar-refractivity contribution in [1.82, 2.24) is 5.32 Å². The van der Waals surface area contributed by atoms with Gasteiger partial charge in [0.25, 0.3) is 0 Å². The van der Waals surface area contributed by atoms with Crippen LogP contribution >= 0.6 is 24.0 Å². The molecule has 2 aromatic carbocycles. The van der Waals surface area contributed by atoms with Crippen LogP contribution in [0.4, 0.5) is 5.69 Å². The molecule has 27 heavy (non-hydrogen) atoms. The fraction of sp³-hybridized carbons (Fsp3) is 0.318. The van der Waals surface area contributed by atoms with Gasteiger partial charge in [0.1, 0.15) is 0 Å². The van der Waals surface area contributed by atoms with Crippen LogP contribution in [0.25, 0.3) is 0 Å². The molecule has 2 aromatic rings. The number of nitrogens with one attached hydrogen (secondary N) is 2. The average molecular weight is 477 g/mol. The van der Waals surface area contributed by atoms with E-state index in [4.69, 9.17) is 9.73 Å². The SMILES string of the molecule is Cc1ccc(CN=C(NCCC2=CCOCC2)Nc2ccccc2)cc1.I. The van der Waals surface area contributed by atoms with Crippen molar-refractivity contribution in [1.29, 1.82) is 0 Å². The Morgan fingerprint density at radius 1 is 1.07 bits per heavy atom. The van der Waals surface area contributed by atoms with Crippen molar-refractivity contribution < 1.29 is 4.74 Å². The number of hydrogen-bond donors (Lipinski definition) is 2. The molecule has 0 spiro atoms. The minimum Gasteiger partial charge on any atom is -0.377 e. The van der Waals surface area contributed by atoms with E-state index in [0.717, 1.165) is 44.2 Å². The molecule has 0 fully saturated rings. The standard InChI is InChI=1S/C22H27N3O.HI/c1-18-7-9-20(10-8-18)17-24-22(25-21-5-3-2-4-6-21)23-14-11-19-12-15-26-16-13-19;/h2-10,12H,11,13-17H2,1H3,(H2,23,24,25);1H. The second-order valence-corrected chi connectivity index (χ2v) is 6.51. The van der Waals surface area contributed by atoms with Gasteiger partial charge in [0.15, 0.2) is 5.96 Å². The maximum Gasteiger partial charge on any atom is 0.196 e. The second-order valence-electron chi connectivity index (χ2n) is 6.51. The largest absolute Gasteiger partial charge is 0.377 e. The van der Waals surface area contributed by atoms with E-state index in [-0.39, 0.29) is 24.0 Å². The second kappa shape index (κ2) is 11.8. The number of aryl methyl sites for hydroxylation is 1. The molecule has 4 nitrogen and oxygen atoms in total. The molecule has 0 radical (unpaired) electrons. The van der Waals surface area contributed by atoms with Crippen molar-refractivity contribution >= 4 is 35.6 Å². The van der Waals surface area contributed by atoms with Crippen LogP contribution in [0.2, 0.25) is 0 Å². The minimum absolute atomic E-state index is 0. The van der Waals surface area contributed by atoms with Crippen LogP contribution in [0.15, 0.2) is 71.2 Å². The van der Waals surface area contributed by atoms with Crippen LogP contribution < -0.4 is 10.6 Å². The highest BCUT2D eigenvalue weighted by atomic mass is 127. The molecule has 1 aliphatic rings. The zero-order valence-corrected chi connectivity index (χ0v) is 18.1. The molecule has 5 heteroatoms. The highest BCUT2D eigenvalue weighted by molar-refractivity contribution is 14.0. The smallest absolute Gasteiger partial charge is 0.196 e. The summed E-state index contributed by atoms with van der Waals surface area (Å²) in [7, 11) is 0. The Kier molecular flexibility index (Phi) is 9.35. The zero-order valence-electron chi connectivity index (χ0n) is 15.8. The first-order chi connectivity index (χ1) is 12.8. The first-order valence-electron chi connectivity index (χ1n) is 9.21. The topological polar surface area (TPSA) is 45.7 Å². The lowest BCUT2D eigenvalue weighted by molar-refractivity contribution is 0.153. The molecule has 2 N–H and O–H groups in total. The minimum atomic E-state index is 0. The summed E-state index contributed by atoms with van der Waals surface area (Å²) < 4.78 is 5.37. The maximum atomic E-state index is 5.37. The van der Waals surface area contributed by atoms with Crippen molar-refractivity contribution in [3.05, 3.63) is 77.4 Å². The first kappa shape index (κ1) is 21.4. The van der Waals surface area contributed by atoms with Crippen LogP contribution in [0.1, 0.15) is 24.0 Å². The molecule has 0 saturated carbocycles. The van der Waals surface area contributed by atoms with Gasteiger partial charge >= 0.3 is 0 Å². The van der Waals surface area contributed by atoms with E-state index in [2.05, 4.69) is 47.9 Å². The van der Waals surface area contributed by atoms with E-state index in [9.17, 15) is 0 Å². The van der Waals surface area contributed by atoms with Crippen molar-refractivity contribution in [3.8, 4) is 0 Å². The van der Waals surface area contributed by atoms with E-state index < -0.39 is 0 Å². The van der Waals surface area contributed by atoms with Gasteiger partial charge in [-0.05, 0) is 37.5 Å². The quantitative estimate of drug-likeness (QED) is 0.269. The molecule has 0 unspecified atom stereocenters. The Balaban J connectivity index is 0.00000261. The van der Waals surface area contributed by atoms with Gasteiger partial charge in [-0.3, -0.25) is 0 Å². The number of benzene rings is 2. The van der Waals surface area contributed by atoms with Crippen LogP contribution in [0.3, 0.4) is 0 Å². The third kappa shape index (κ3) is 7.72. The Hall–Kier alpha value is -1.86. The number of hydrogen-bond acceptors (Lipinski definition) is 2. The molecule has 1 heterocycles. The van der Waals surface area contributed by atoms with Crippen LogP contribution in [0, 0.1) is 6.92 Å². The van der Waals surface area contributed by atoms with E-state index in [1.807, 2.05) is 30.3 Å². The van der Waals surface area contributed by atoms with Gasteiger partial charge in [0.05, 0.1) is 19.8 Å². The van der Waals surface area contributed by atoms with Gasteiger partial charge in [-0.2, -0.15) is 0 Å². The van der Waals surface area contributed by atoms with Crippen LogP contribution in [-0.2, 0) is 11.3 Å². The lowest BCUT2D eigenvalue weighted by atomic mass is 10.1. The predicted molar refractivity (Wildman–Crippen MR) is 124 cm³/mol. The van der Waals surface area contributed by atoms with E-state index >= 15 is 0 Å². The fourth-order valence-corrected chi connectivity index (χ4v) is 2.80. The number of para-hydroxylation sites is 1. The first-order valence-corrected chi connectivity index (χ1v) is 9.21. The van der Waals surface area contributed by atoms with Crippen molar-refractivity contribution in [3.63, 3.8) is 0 Å². The lowest BCUT2D eigenvalue weighted by Gasteiger charge is -2.16. The summed E-state index contributed by atoms with van der Waals surface area (Å²) in [6.07, 6.45) is 4.24. The van der Waals surface area contributed by atoms with Gasteiger partial charge in [-0.1, -0.05) is 59.7 Å². The molecular weight excluding hydrogens is 449 g/mol. The Bertz CT molecular complexity index is 742. The van der Waals surface area contributed by atoms with E-state index in [1.165, 1.54) is 16.7 Å². The van der Waals surface area contributed by atoms with Gasteiger partial charge in [-0.25, -0.2) is 4.99 Å². The van der Waals surface area contributed by atoms with E-state index in [0.29, 0.717) is 6.54 Å². The third-order valence-corrected chi connectivity index (χ3v) is 4.37. The molecule has 144 valence electrons. The number of halogens is 1. The van der Waals surface area contributed by atoms with Gasteiger partial charge in [-0.15, -0.1) is 24.0 Å². The summed E-state index contributed by atoms with van der Waals surface area (Å²) in [5.74, 6) is 0.810. The van der Waals surface area contributed by atoms with Crippen LogP contribution in [0.5, 0.6) is 0 Å². The molecule has 3 rings (SSSR count). The predicted octanol–water partition coefficient (Wildman–Crippen LogP) is 4.91. The highest BCUT2D eigenvalue weighted by Crippen LogP contribution is 2.11. The number of nitrogens with zero attached hydrogens (tertiary/aromatic N) is 1. The average Bonchev–Trinajstić information content (AvgIpc) is 2.69. The summed E-state index contributed by atoms with van der Waals surface area (Å²) in [6, 6.07) is 18.7. The molecule has 0 bridgehead atoms. The van der Waals surface area contributed by atoms with Crippen molar-refractivity contribution in [2.45, 2.75) is 26.3 Å². The Labute approximate surface area is 179 Å². The Morgan fingerprint density at radius 3 is 2.56 bits per heavy atom. The summed E-state index contributed by atoms with van der Waals surface area (Å²) in [5.41, 5.74) is 4.97. The van der Waals surface area contributed by atoms with Gasteiger partial charge in [0, 0.05) is 12.2 Å². The van der Waals surface area contributed by atoms with Crippen molar-refractivity contribution in [2.75, 3.05) is 25.1 Å². The number of guanidine groups is 1. The number of ether oxygens (including phenoxy) is 1. The third-order valence-electron chi connectivity index (χ3n) is 4.37. The molecule has 0 aliphatic carbocycles. The van der Waals surface area contributed by atoms with Crippen LogP contribution in [-0.4, -0.2) is 25.7 Å².